The quantitative estimate of drug-likeness (QED) is 0.467. The SMILES string of the molecule is C.C[C@H](C(=N)n1nc(-c2cccc(C#N)c2)ccc1=N)c1ccc2c(c1)SCN2C.[HH]. The molecule has 1 aromatic heterocycles. The molecule has 0 spiro atoms. The molecular formula is C23H26N6S. The molecule has 1 aliphatic rings. The van der Waals surface area contributed by atoms with Crippen LogP contribution in [0.1, 0.15) is 32.8 Å². The van der Waals surface area contributed by atoms with Gasteiger partial charge in [0.1, 0.15) is 11.3 Å². The number of anilines is 1. The Bertz CT molecular complexity index is 1210. The molecule has 0 amide bonds. The normalized spacial score (nSPS) is 13.2. The fourth-order valence-corrected chi connectivity index (χ4v) is 4.38. The monoisotopic (exact) mass is 418 g/mol. The number of hydrogen-bond acceptors (Lipinski definition) is 6. The number of fused-ring (bicyclic) bond motifs is 1. The highest BCUT2D eigenvalue weighted by Gasteiger charge is 2.21. The van der Waals surface area contributed by atoms with Gasteiger partial charge >= 0.3 is 0 Å². The molecule has 2 N–H and O–H groups in total. The van der Waals surface area contributed by atoms with Gasteiger partial charge in [-0.3, -0.25) is 10.8 Å². The van der Waals surface area contributed by atoms with E-state index in [1.54, 1.807) is 36.0 Å². The minimum absolute atomic E-state index is 0. The summed E-state index contributed by atoms with van der Waals surface area (Å²) in [6, 6.07) is 19.0. The van der Waals surface area contributed by atoms with Crippen LogP contribution in [0.5, 0.6) is 0 Å². The maximum absolute atomic E-state index is 9.13. The Kier molecular flexibility index (Phi) is 6.09. The van der Waals surface area contributed by atoms with Gasteiger partial charge in [0.15, 0.2) is 0 Å². The highest BCUT2D eigenvalue weighted by Crippen LogP contribution is 2.39. The van der Waals surface area contributed by atoms with Gasteiger partial charge in [0, 0.05) is 24.9 Å². The van der Waals surface area contributed by atoms with E-state index in [4.69, 9.17) is 16.1 Å². The van der Waals surface area contributed by atoms with Crippen molar-refractivity contribution in [3.05, 3.63) is 71.2 Å². The first kappa shape index (κ1) is 21.3. The van der Waals surface area contributed by atoms with Gasteiger partial charge in [-0.15, -0.1) is 11.8 Å². The number of nitrogens with one attached hydrogen (secondary N) is 2. The predicted molar refractivity (Wildman–Crippen MR) is 124 cm³/mol. The van der Waals surface area contributed by atoms with Gasteiger partial charge in [0.05, 0.1) is 28.9 Å². The van der Waals surface area contributed by atoms with Crippen molar-refractivity contribution in [1.82, 2.24) is 9.78 Å². The summed E-state index contributed by atoms with van der Waals surface area (Å²) < 4.78 is 1.37. The van der Waals surface area contributed by atoms with E-state index in [0.29, 0.717) is 11.3 Å². The molecular weight excluding hydrogens is 392 g/mol. The van der Waals surface area contributed by atoms with Gasteiger partial charge in [0.2, 0.25) is 0 Å². The highest BCUT2D eigenvalue weighted by molar-refractivity contribution is 7.99. The van der Waals surface area contributed by atoms with Crippen LogP contribution in [0.15, 0.2) is 59.5 Å². The van der Waals surface area contributed by atoms with E-state index < -0.39 is 0 Å². The van der Waals surface area contributed by atoms with Crippen LogP contribution in [0.3, 0.4) is 0 Å². The maximum atomic E-state index is 9.13. The summed E-state index contributed by atoms with van der Waals surface area (Å²) in [6.45, 7) is 1.96. The molecule has 1 aliphatic heterocycles. The Morgan fingerprint density at radius 2 is 2.03 bits per heavy atom. The Morgan fingerprint density at radius 1 is 1.23 bits per heavy atom. The fourth-order valence-electron chi connectivity index (χ4n) is 3.32. The van der Waals surface area contributed by atoms with Crippen LogP contribution >= 0.6 is 11.8 Å². The minimum Gasteiger partial charge on any atom is -0.364 e. The van der Waals surface area contributed by atoms with Crippen molar-refractivity contribution < 1.29 is 1.43 Å². The number of hydrogen-bond donors (Lipinski definition) is 2. The maximum Gasteiger partial charge on any atom is 0.148 e. The molecule has 6 nitrogen and oxygen atoms in total. The third kappa shape index (κ3) is 3.87. The molecule has 0 radical (unpaired) electrons. The molecule has 7 heteroatoms. The number of thioether (sulfide) groups is 1. The first-order valence-corrected chi connectivity index (χ1v) is 10.2. The Hall–Kier alpha value is -3.37. The Balaban J connectivity index is 0.00000171. The van der Waals surface area contributed by atoms with E-state index in [1.165, 1.54) is 15.3 Å². The van der Waals surface area contributed by atoms with Crippen molar-refractivity contribution in [1.29, 1.82) is 16.1 Å². The Labute approximate surface area is 182 Å². The summed E-state index contributed by atoms with van der Waals surface area (Å²) in [7, 11) is 2.07. The summed E-state index contributed by atoms with van der Waals surface area (Å²) >= 11 is 1.79. The second kappa shape index (κ2) is 8.56. The zero-order valence-electron chi connectivity index (χ0n) is 16.2. The molecule has 4 rings (SSSR count). The smallest absolute Gasteiger partial charge is 0.148 e. The summed E-state index contributed by atoms with van der Waals surface area (Å²) in [5.74, 6) is 0.959. The van der Waals surface area contributed by atoms with E-state index in [1.807, 2.05) is 25.1 Å². The van der Waals surface area contributed by atoms with Crippen LogP contribution in [0, 0.1) is 22.1 Å². The average molecular weight is 419 g/mol. The Morgan fingerprint density at radius 3 is 2.80 bits per heavy atom. The molecule has 0 saturated carbocycles. The average Bonchev–Trinajstić information content (AvgIpc) is 3.13. The van der Waals surface area contributed by atoms with Gasteiger partial charge in [-0.2, -0.15) is 10.4 Å². The topological polar surface area (TPSA) is 92.5 Å². The van der Waals surface area contributed by atoms with Crippen LogP contribution in [0.25, 0.3) is 11.3 Å². The van der Waals surface area contributed by atoms with Gasteiger partial charge < -0.3 is 4.90 Å². The molecule has 2 aromatic carbocycles. The van der Waals surface area contributed by atoms with Crippen LogP contribution in [-0.4, -0.2) is 28.5 Å². The summed E-state index contributed by atoms with van der Waals surface area (Å²) in [4.78, 5) is 3.42. The molecule has 30 heavy (non-hydrogen) atoms. The number of nitriles is 1. The van der Waals surface area contributed by atoms with Crippen LogP contribution < -0.4 is 10.4 Å². The molecule has 3 aromatic rings. The van der Waals surface area contributed by atoms with Gasteiger partial charge in [-0.25, -0.2) is 4.68 Å². The van der Waals surface area contributed by atoms with Crippen molar-refractivity contribution in [3.8, 4) is 17.3 Å². The molecule has 0 fully saturated rings. The number of aromatic nitrogens is 2. The number of nitrogens with zero attached hydrogens (tertiary/aromatic N) is 4. The summed E-state index contributed by atoms with van der Waals surface area (Å²) in [5.41, 5.74) is 4.36. The third-order valence-electron chi connectivity index (χ3n) is 5.07. The molecule has 0 unspecified atom stereocenters. The first-order chi connectivity index (χ1) is 14.0. The van der Waals surface area contributed by atoms with Crippen molar-refractivity contribution in [2.45, 2.75) is 25.2 Å². The van der Waals surface area contributed by atoms with Crippen LogP contribution in [-0.2, 0) is 0 Å². The molecule has 154 valence electrons. The second-order valence-corrected chi connectivity index (χ2v) is 8.00. The fraction of sp³-hybridized carbons (Fsp3) is 0.217. The highest BCUT2D eigenvalue weighted by atomic mass is 32.2. The molecule has 0 bridgehead atoms. The van der Waals surface area contributed by atoms with Gasteiger partial charge in [0.25, 0.3) is 0 Å². The van der Waals surface area contributed by atoms with E-state index in [2.05, 4.69) is 35.2 Å². The molecule has 1 atom stereocenters. The van der Waals surface area contributed by atoms with Crippen LogP contribution in [0.4, 0.5) is 5.69 Å². The third-order valence-corrected chi connectivity index (χ3v) is 6.22. The lowest BCUT2D eigenvalue weighted by atomic mass is 9.99. The van der Waals surface area contributed by atoms with Gasteiger partial charge in [-0.05, 0) is 42.0 Å². The molecule has 0 saturated heterocycles. The lowest BCUT2D eigenvalue weighted by molar-refractivity contribution is 0.770. The van der Waals surface area contributed by atoms with Crippen molar-refractivity contribution in [2.75, 3.05) is 17.8 Å². The number of benzene rings is 2. The van der Waals surface area contributed by atoms with Crippen LogP contribution in [0.2, 0.25) is 0 Å². The molecule has 0 aliphatic carbocycles. The molecule has 2 heterocycles. The second-order valence-electron chi connectivity index (χ2n) is 7.01. The van der Waals surface area contributed by atoms with Crippen molar-refractivity contribution in [3.63, 3.8) is 0 Å². The van der Waals surface area contributed by atoms with E-state index in [0.717, 1.165) is 17.0 Å². The first-order valence-electron chi connectivity index (χ1n) is 9.20. The summed E-state index contributed by atoms with van der Waals surface area (Å²) in [6.07, 6.45) is 0. The lowest BCUT2D eigenvalue weighted by Gasteiger charge is -2.17. The van der Waals surface area contributed by atoms with Crippen molar-refractivity contribution >= 4 is 23.3 Å². The van der Waals surface area contributed by atoms with E-state index in [9.17, 15) is 0 Å². The largest absolute Gasteiger partial charge is 0.364 e. The van der Waals surface area contributed by atoms with Crippen molar-refractivity contribution in [2.24, 2.45) is 0 Å². The van der Waals surface area contributed by atoms with E-state index >= 15 is 0 Å². The van der Waals surface area contributed by atoms with E-state index in [-0.39, 0.29) is 26.1 Å². The zero-order valence-corrected chi connectivity index (χ0v) is 17.0. The lowest BCUT2D eigenvalue weighted by Crippen LogP contribution is -2.32. The zero-order chi connectivity index (χ0) is 20.5. The predicted octanol–water partition coefficient (Wildman–Crippen LogP) is 4.91. The standard InChI is InChI=1S/C22H20N6S.CH4.H2/c1-14(16-6-8-19-20(11-16)29-13-27(19)2)22(25)28-21(24)9-7-18(26-28)17-5-3-4-15(10-17)12-23;;/h3-11,14,24-25H,13H2,1-2H3;1H4;1H/t14-;;/m0../s1. The summed E-state index contributed by atoms with van der Waals surface area (Å²) in [5, 5.41) is 30.6. The van der Waals surface area contributed by atoms with Gasteiger partial charge in [-0.1, -0.05) is 32.5 Å². The minimum atomic E-state index is -0.214. The number of rotatable bonds is 3.